The molecule has 0 aliphatic carbocycles. The zero-order chi connectivity index (χ0) is 17.0. The molecule has 0 atom stereocenters. The van der Waals surface area contributed by atoms with Crippen LogP contribution in [-0.4, -0.2) is 29.4 Å². The molecule has 0 bridgehead atoms. The fraction of sp³-hybridized carbons (Fsp3) is 0.312. The van der Waals surface area contributed by atoms with E-state index in [9.17, 15) is 9.59 Å². The van der Waals surface area contributed by atoms with Gasteiger partial charge in [-0.2, -0.15) is 0 Å². The van der Waals surface area contributed by atoms with Crippen LogP contribution in [0.4, 0.5) is 0 Å². The molecule has 0 saturated carbocycles. The number of hydrogen-bond donors (Lipinski definition) is 2. The van der Waals surface area contributed by atoms with Crippen LogP contribution >= 0.6 is 22.9 Å². The minimum absolute atomic E-state index is 0.0426. The Kier molecular flexibility index (Phi) is 5.74. The third-order valence-electron chi connectivity index (χ3n) is 2.95. The first-order valence-corrected chi connectivity index (χ1v) is 8.37. The van der Waals surface area contributed by atoms with E-state index in [1.165, 1.54) is 11.3 Å². The van der Waals surface area contributed by atoms with Crippen LogP contribution in [0.1, 0.15) is 29.2 Å². The third-order valence-corrected chi connectivity index (χ3v) is 4.41. The Labute approximate surface area is 144 Å². The standard InChI is InChI=1S/C16H18ClN3O2S/c1-9(2)19-13(21)8-18-15(22)14-10(3)20-16(23-14)11-4-6-12(17)7-5-11/h4-7,9H,8H2,1-3H3,(H,18,22)(H,19,21). The average molecular weight is 352 g/mol. The fourth-order valence-corrected chi connectivity index (χ4v) is 3.05. The molecule has 1 aromatic carbocycles. The Bertz CT molecular complexity index is 711. The van der Waals surface area contributed by atoms with Crippen LogP contribution in [0.3, 0.4) is 0 Å². The molecule has 0 radical (unpaired) electrons. The molecule has 5 nitrogen and oxygen atoms in total. The summed E-state index contributed by atoms with van der Waals surface area (Å²) in [5.41, 5.74) is 1.54. The maximum Gasteiger partial charge on any atom is 0.263 e. The van der Waals surface area contributed by atoms with Gasteiger partial charge in [-0.25, -0.2) is 4.98 Å². The number of aromatic nitrogens is 1. The molecule has 0 aliphatic heterocycles. The van der Waals surface area contributed by atoms with Crippen molar-refractivity contribution in [1.29, 1.82) is 0 Å². The van der Waals surface area contributed by atoms with E-state index >= 15 is 0 Å². The maximum atomic E-state index is 12.2. The molecule has 7 heteroatoms. The number of hydrogen-bond acceptors (Lipinski definition) is 4. The van der Waals surface area contributed by atoms with Crippen molar-refractivity contribution in [3.05, 3.63) is 39.9 Å². The Morgan fingerprint density at radius 2 is 1.91 bits per heavy atom. The number of amides is 2. The van der Waals surface area contributed by atoms with E-state index in [1.807, 2.05) is 26.0 Å². The van der Waals surface area contributed by atoms with Gasteiger partial charge in [0.15, 0.2) is 0 Å². The largest absolute Gasteiger partial charge is 0.352 e. The number of carbonyl (C=O) groups is 2. The summed E-state index contributed by atoms with van der Waals surface area (Å²) in [5, 5.41) is 6.73. The smallest absolute Gasteiger partial charge is 0.263 e. The minimum atomic E-state index is -0.292. The summed E-state index contributed by atoms with van der Waals surface area (Å²) < 4.78 is 0. The molecule has 0 aliphatic rings. The molecule has 2 amide bonds. The van der Waals surface area contributed by atoms with Crippen LogP contribution in [0.15, 0.2) is 24.3 Å². The highest BCUT2D eigenvalue weighted by molar-refractivity contribution is 7.17. The molecule has 0 saturated heterocycles. The maximum absolute atomic E-state index is 12.2. The van der Waals surface area contributed by atoms with Gasteiger partial charge in [0.2, 0.25) is 5.91 Å². The second kappa shape index (κ2) is 7.57. The normalized spacial score (nSPS) is 10.7. The first-order chi connectivity index (χ1) is 10.9. The van der Waals surface area contributed by atoms with Crippen molar-refractivity contribution in [2.24, 2.45) is 0 Å². The monoisotopic (exact) mass is 351 g/mol. The Morgan fingerprint density at radius 1 is 1.26 bits per heavy atom. The molecule has 0 fully saturated rings. The molecule has 1 aromatic heterocycles. The van der Waals surface area contributed by atoms with Gasteiger partial charge in [-0.15, -0.1) is 11.3 Å². The summed E-state index contributed by atoms with van der Waals surface area (Å²) in [7, 11) is 0. The Hall–Kier alpha value is -1.92. The molecule has 23 heavy (non-hydrogen) atoms. The second-order valence-corrected chi connectivity index (χ2v) is 6.78. The SMILES string of the molecule is Cc1nc(-c2ccc(Cl)cc2)sc1C(=O)NCC(=O)NC(C)C. The zero-order valence-electron chi connectivity index (χ0n) is 13.1. The summed E-state index contributed by atoms with van der Waals surface area (Å²) in [6.45, 7) is 5.46. The summed E-state index contributed by atoms with van der Waals surface area (Å²) in [6.07, 6.45) is 0. The lowest BCUT2D eigenvalue weighted by atomic mass is 10.2. The number of carbonyl (C=O) groups excluding carboxylic acids is 2. The molecule has 2 rings (SSSR count). The number of nitrogens with zero attached hydrogens (tertiary/aromatic N) is 1. The van der Waals surface area contributed by atoms with E-state index in [4.69, 9.17) is 11.6 Å². The molecule has 0 spiro atoms. The number of rotatable bonds is 5. The Morgan fingerprint density at radius 3 is 2.52 bits per heavy atom. The lowest BCUT2D eigenvalue weighted by molar-refractivity contribution is -0.120. The van der Waals surface area contributed by atoms with Gasteiger partial charge in [0.05, 0.1) is 12.2 Å². The molecule has 2 aromatic rings. The predicted molar refractivity (Wildman–Crippen MR) is 92.9 cm³/mol. The van der Waals surface area contributed by atoms with E-state index in [2.05, 4.69) is 15.6 Å². The van der Waals surface area contributed by atoms with Gasteiger partial charge in [-0.1, -0.05) is 23.7 Å². The van der Waals surface area contributed by atoms with Crippen LogP contribution in [-0.2, 0) is 4.79 Å². The van der Waals surface area contributed by atoms with Gasteiger partial charge in [-0.05, 0) is 32.9 Å². The van der Waals surface area contributed by atoms with Gasteiger partial charge in [0, 0.05) is 16.6 Å². The lowest BCUT2D eigenvalue weighted by Crippen LogP contribution is -2.39. The second-order valence-electron chi connectivity index (χ2n) is 5.35. The van der Waals surface area contributed by atoms with Crippen molar-refractivity contribution < 1.29 is 9.59 Å². The van der Waals surface area contributed by atoms with Gasteiger partial charge in [0.1, 0.15) is 9.88 Å². The number of aryl methyl sites for hydroxylation is 1. The topological polar surface area (TPSA) is 71.1 Å². The van der Waals surface area contributed by atoms with Crippen LogP contribution in [0.5, 0.6) is 0 Å². The highest BCUT2D eigenvalue weighted by Crippen LogP contribution is 2.28. The highest BCUT2D eigenvalue weighted by Gasteiger charge is 2.17. The quantitative estimate of drug-likeness (QED) is 0.869. The van der Waals surface area contributed by atoms with E-state index in [0.717, 1.165) is 10.6 Å². The van der Waals surface area contributed by atoms with E-state index < -0.39 is 0 Å². The van der Waals surface area contributed by atoms with Crippen molar-refractivity contribution in [1.82, 2.24) is 15.6 Å². The van der Waals surface area contributed by atoms with E-state index in [1.54, 1.807) is 19.1 Å². The van der Waals surface area contributed by atoms with Crippen molar-refractivity contribution in [2.45, 2.75) is 26.8 Å². The van der Waals surface area contributed by atoms with Crippen molar-refractivity contribution in [3.63, 3.8) is 0 Å². The lowest BCUT2D eigenvalue weighted by Gasteiger charge is -2.08. The van der Waals surface area contributed by atoms with Crippen LogP contribution < -0.4 is 10.6 Å². The molecule has 2 N–H and O–H groups in total. The minimum Gasteiger partial charge on any atom is -0.352 e. The van der Waals surface area contributed by atoms with Crippen LogP contribution in [0.25, 0.3) is 10.6 Å². The summed E-state index contributed by atoms with van der Waals surface area (Å²) in [4.78, 5) is 28.7. The van der Waals surface area contributed by atoms with Gasteiger partial charge in [-0.3, -0.25) is 9.59 Å². The first kappa shape index (κ1) is 17.4. The molecular formula is C16H18ClN3O2S. The fourth-order valence-electron chi connectivity index (χ4n) is 1.94. The Balaban J connectivity index is 2.07. The third kappa shape index (κ3) is 4.77. The van der Waals surface area contributed by atoms with Gasteiger partial charge >= 0.3 is 0 Å². The number of benzene rings is 1. The van der Waals surface area contributed by atoms with Crippen LogP contribution in [0, 0.1) is 6.92 Å². The summed E-state index contributed by atoms with van der Waals surface area (Å²) >= 11 is 7.17. The zero-order valence-corrected chi connectivity index (χ0v) is 14.7. The highest BCUT2D eigenvalue weighted by atomic mass is 35.5. The molecular weight excluding hydrogens is 334 g/mol. The van der Waals surface area contributed by atoms with Gasteiger partial charge in [0.25, 0.3) is 5.91 Å². The summed E-state index contributed by atoms with van der Waals surface area (Å²) in [5.74, 6) is -0.507. The van der Waals surface area contributed by atoms with E-state index in [0.29, 0.717) is 15.6 Å². The average Bonchev–Trinajstić information content (AvgIpc) is 2.87. The predicted octanol–water partition coefficient (Wildman–Crippen LogP) is 3.03. The van der Waals surface area contributed by atoms with E-state index in [-0.39, 0.29) is 24.4 Å². The molecule has 0 unspecified atom stereocenters. The number of nitrogens with one attached hydrogen (secondary N) is 2. The van der Waals surface area contributed by atoms with Crippen molar-refractivity contribution in [3.8, 4) is 10.6 Å². The first-order valence-electron chi connectivity index (χ1n) is 7.17. The van der Waals surface area contributed by atoms with Gasteiger partial charge < -0.3 is 10.6 Å². The van der Waals surface area contributed by atoms with Crippen LogP contribution in [0.2, 0.25) is 5.02 Å². The summed E-state index contributed by atoms with van der Waals surface area (Å²) in [6, 6.07) is 7.32. The molecule has 122 valence electrons. The number of thiazole rings is 1. The van der Waals surface area contributed by atoms with Crippen molar-refractivity contribution >= 4 is 34.8 Å². The number of halogens is 1. The van der Waals surface area contributed by atoms with Crippen molar-refractivity contribution in [2.75, 3.05) is 6.54 Å². The molecule has 1 heterocycles.